The zero-order chi connectivity index (χ0) is 32.4. The summed E-state index contributed by atoms with van der Waals surface area (Å²) in [6.07, 6.45) is 43.2. The molecule has 248 valence electrons. The third-order valence-corrected chi connectivity index (χ3v) is 6.86. The molecule has 0 saturated carbocycles. The molecular formula is C38H61NO5. The third-order valence-electron chi connectivity index (χ3n) is 6.86. The van der Waals surface area contributed by atoms with Crippen molar-refractivity contribution in [1.29, 1.82) is 0 Å². The van der Waals surface area contributed by atoms with Crippen LogP contribution in [0.15, 0.2) is 72.9 Å². The highest BCUT2D eigenvalue weighted by atomic mass is 16.5. The molecular weight excluding hydrogens is 550 g/mol. The van der Waals surface area contributed by atoms with Crippen molar-refractivity contribution in [2.75, 3.05) is 6.54 Å². The lowest BCUT2D eigenvalue weighted by atomic mass is 10.1. The van der Waals surface area contributed by atoms with E-state index in [9.17, 15) is 14.4 Å². The Labute approximate surface area is 268 Å². The van der Waals surface area contributed by atoms with Crippen LogP contribution < -0.4 is 5.32 Å². The first kappa shape index (κ1) is 40.9. The maximum atomic E-state index is 12.6. The number of hydrogen-bond acceptors (Lipinski definition) is 4. The Kier molecular flexibility index (Phi) is 30.4. The Morgan fingerprint density at radius 2 is 1.11 bits per heavy atom. The van der Waals surface area contributed by atoms with Crippen LogP contribution in [0.4, 0.5) is 0 Å². The van der Waals surface area contributed by atoms with Gasteiger partial charge in [0, 0.05) is 12.8 Å². The first-order valence-electron chi connectivity index (χ1n) is 17.1. The smallest absolute Gasteiger partial charge is 0.322 e. The van der Waals surface area contributed by atoms with Crippen molar-refractivity contribution in [3.63, 3.8) is 0 Å². The summed E-state index contributed by atoms with van der Waals surface area (Å²) in [5, 5.41) is 11.0. The summed E-state index contributed by atoms with van der Waals surface area (Å²) in [5.74, 6) is -1.34. The number of carboxylic acids is 1. The highest BCUT2D eigenvalue weighted by Crippen LogP contribution is 2.14. The molecule has 0 aliphatic rings. The zero-order valence-electron chi connectivity index (χ0n) is 27.7. The van der Waals surface area contributed by atoms with E-state index in [1.54, 1.807) is 0 Å². The number of unbranched alkanes of at least 4 members (excludes halogenated alkanes) is 8. The van der Waals surface area contributed by atoms with Crippen molar-refractivity contribution in [2.45, 2.75) is 142 Å². The molecule has 0 aromatic carbocycles. The fourth-order valence-electron chi connectivity index (χ4n) is 4.40. The van der Waals surface area contributed by atoms with Crippen molar-refractivity contribution in [3.05, 3.63) is 72.9 Å². The number of allylic oxidation sites excluding steroid dienone is 11. The van der Waals surface area contributed by atoms with Crippen LogP contribution in [0.2, 0.25) is 0 Å². The quantitative estimate of drug-likeness (QED) is 0.0499. The maximum absolute atomic E-state index is 12.6. The summed E-state index contributed by atoms with van der Waals surface area (Å²) >= 11 is 0. The van der Waals surface area contributed by atoms with Crippen LogP contribution in [-0.4, -0.2) is 35.6 Å². The normalized spacial score (nSPS) is 13.0. The van der Waals surface area contributed by atoms with Crippen LogP contribution in [-0.2, 0) is 19.1 Å². The minimum Gasteiger partial charge on any atom is -0.480 e. The predicted molar refractivity (Wildman–Crippen MR) is 184 cm³/mol. The fourth-order valence-corrected chi connectivity index (χ4v) is 4.40. The molecule has 2 N–H and O–H groups in total. The summed E-state index contributed by atoms with van der Waals surface area (Å²) in [7, 11) is 0. The van der Waals surface area contributed by atoms with Crippen molar-refractivity contribution >= 4 is 17.8 Å². The second kappa shape index (κ2) is 32.8. The number of aliphatic carboxylic acids is 1. The number of amides is 1. The van der Waals surface area contributed by atoms with Gasteiger partial charge in [-0.15, -0.1) is 0 Å². The molecule has 0 rings (SSSR count). The monoisotopic (exact) mass is 611 g/mol. The Bertz CT molecular complexity index is 897. The van der Waals surface area contributed by atoms with Gasteiger partial charge in [0.2, 0.25) is 5.91 Å². The first-order valence-corrected chi connectivity index (χ1v) is 17.1. The Balaban J connectivity index is 4.31. The minimum absolute atomic E-state index is 0.112. The molecule has 0 bridgehead atoms. The van der Waals surface area contributed by atoms with Crippen LogP contribution in [0.3, 0.4) is 0 Å². The van der Waals surface area contributed by atoms with E-state index in [-0.39, 0.29) is 24.5 Å². The van der Waals surface area contributed by atoms with E-state index in [2.05, 4.69) is 86.0 Å². The predicted octanol–water partition coefficient (Wildman–Crippen LogP) is 9.89. The molecule has 6 nitrogen and oxygen atoms in total. The van der Waals surface area contributed by atoms with Crippen LogP contribution >= 0.6 is 0 Å². The zero-order valence-corrected chi connectivity index (χ0v) is 27.7. The first-order chi connectivity index (χ1) is 21.5. The van der Waals surface area contributed by atoms with E-state index >= 15 is 0 Å². The average Bonchev–Trinajstić information content (AvgIpc) is 3.00. The van der Waals surface area contributed by atoms with Crippen LogP contribution in [0.5, 0.6) is 0 Å². The average molecular weight is 612 g/mol. The van der Waals surface area contributed by atoms with Gasteiger partial charge < -0.3 is 15.2 Å². The molecule has 1 unspecified atom stereocenters. The Morgan fingerprint density at radius 3 is 1.73 bits per heavy atom. The molecule has 0 spiro atoms. The lowest BCUT2D eigenvalue weighted by molar-refractivity contribution is -0.147. The van der Waals surface area contributed by atoms with Crippen molar-refractivity contribution in [1.82, 2.24) is 5.32 Å². The van der Waals surface area contributed by atoms with Gasteiger partial charge in [-0.1, -0.05) is 113 Å². The molecule has 0 aromatic heterocycles. The third kappa shape index (κ3) is 31.8. The van der Waals surface area contributed by atoms with E-state index in [0.717, 1.165) is 109 Å². The Hall–Kier alpha value is -3.15. The summed E-state index contributed by atoms with van der Waals surface area (Å²) < 4.78 is 5.85. The number of esters is 1. The van der Waals surface area contributed by atoms with Crippen LogP contribution in [0, 0.1) is 0 Å². The molecule has 1 atom stereocenters. The number of carboxylic acid groups (broad SMARTS) is 1. The van der Waals surface area contributed by atoms with Gasteiger partial charge in [-0.2, -0.15) is 0 Å². The number of hydrogen-bond donors (Lipinski definition) is 2. The van der Waals surface area contributed by atoms with Gasteiger partial charge >= 0.3 is 11.9 Å². The molecule has 0 heterocycles. The number of rotatable bonds is 29. The largest absolute Gasteiger partial charge is 0.480 e. The van der Waals surface area contributed by atoms with Gasteiger partial charge in [-0.05, 0) is 83.1 Å². The molecule has 44 heavy (non-hydrogen) atoms. The molecule has 0 aliphatic carbocycles. The highest BCUT2D eigenvalue weighted by Gasteiger charge is 2.11. The molecule has 6 heteroatoms. The van der Waals surface area contributed by atoms with E-state index in [1.165, 1.54) is 0 Å². The van der Waals surface area contributed by atoms with Gasteiger partial charge in [0.1, 0.15) is 12.6 Å². The van der Waals surface area contributed by atoms with Crippen LogP contribution in [0.1, 0.15) is 136 Å². The number of nitrogens with one attached hydrogen (secondary N) is 1. The van der Waals surface area contributed by atoms with Gasteiger partial charge in [0.05, 0.1) is 0 Å². The second-order valence-corrected chi connectivity index (χ2v) is 11.0. The van der Waals surface area contributed by atoms with E-state index < -0.39 is 5.97 Å². The molecule has 0 fully saturated rings. The summed E-state index contributed by atoms with van der Waals surface area (Å²) in [4.78, 5) is 34.7. The Morgan fingerprint density at radius 1 is 0.614 bits per heavy atom. The molecule has 0 aromatic rings. The van der Waals surface area contributed by atoms with Gasteiger partial charge in [-0.25, -0.2) is 0 Å². The molecule has 0 aliphatic heterocycles. The minimum atomic E-state index is -1.03. The molecule has 0 radical (unpaired) electrons. The van der Waals surface area contributed by atoms with Gasteiger partial charge in [0.25, 0.3) is 0 Å². The standard InChI is InChI=1S/C38H61NO5/c1-3-5-7-9-11-13-14-15-16-17-19-25-29-33-38(43)44-35(30-26-22-18-12-10-8-6-4-2)31-27-23-20-21-24-28-32-36(40)39-34-37(41)42/h5-8,11-13,15-16,18,26,30,35H,3-4,9-10,14,17,19-25,27-29,31-34H2,1-2H3,(H,39,40)(H,41,42)/b7-5-,8-6-,13-11-,16-15-,18-12-,30-26-. The maximum Gasteiger partial charge on any atom is 0.322 e. The summed E-state index contributed by atoms with van der Waals surface area (Å²) in [5.41, 5.74) is 0. The summed E-state index contributed by atoms with van der Waals surface area (Å²) in [6, 6.07) is 0. The van der Waals surface area contributed by atoms with Gasteiger partial charge in [0.15, 0.2) is 0 Å². The molecule has 1 amide bonds. The molecule has 0 saturated heterocycles. The lowest BCUT2D eigenvalue weighted by Gasteiger charge is -2.14. The summed E-state index contributed by atoms with van der Waals surface area (Å²) in [6.45, 7) is 3.95. The van der Waals surface area contributed by atoms with E-state index in [1.807, 2.05) is 6.08 Å². The number of ether oxygens (including phenoxy) is 1. The van der Waals surface area contributed by atoms with Crippen molar-refractivity contribution in [3.8, 4) is 0 Å². The number of carbonyl (C=O) groups excluding carboxylic acids is 2. The highest BCUT2D eigenvalue weighted by molar-refractivity contribution is 5.80. The van der Waals surface area contributed by atoms with Crippen LogP contribution in [0.25, 0.3) is 0 Å². The second-order valence-electron chi connectivity index (χ2n) is 11.0. The topological polar surface area (TPSA) is 92.7 Å². The number of carbonyl (C=O) groups is 3. The van der Waals surface area contributed by atoms with E-state index in [0.29, 0.717) is 12.8 Å². The van der Waals surface area contributed by atoms with Crippen molar-refractivity contribution in [2.24, 2.45) is 0 Å². The lowest BCUT2D eigenvalue weighted by Crippen LogP contribution is -2.28. The van der Waals surface area contributed by atoms with Gasteiger partial charge in [-0.3, -0.25) is 14.4 Å². The van der Waals surface area contributed by atoms with Crippen molar-refractivity contribution < 1.29 is 24.2 Å². The SMILES string of the molecule is CC/C=C\C/C=C\C/C=C\CCCCCC(=O)OC(/C=C\C/C=C\C/C=C\CC)CCCCCCCCC(=O)NCC(=O)O. The fraction of sp³-hybridized carbons (Fsp3) is 0.605. The van der Waals surface area contributed by atoms with E-state index in [4.69, 9.17) is 9.84 Å².